The number of aromatic nitrogens is 2. The molecule has 3 rings (SSSR count). The second kappa shape index (κ2) is 8.73. The number of hydrogen-bond donors (Lipinski definition) is 0. The monoisotopic (exact) mass is 417 g/mol. The maximum atomic E-state index is 13.3. The molecule has 0 atom stereocenters. The van der Waals surface area contributed by atoms with Gasteiger partial charge in [0.1, 0.15) is 5.82 Å². The Morgan fingerprint density at radius 2 is 1.86 bits per heavy atom. The summed E-state index contributed by atoms with van der Waals surface area (Å²) in [6.07, 6.45) is 5.43. The number of carbonyl (C=O) groups is 1. The first-order chi connectivity index (χ1) is 13.8. The molecule has 8 heteroatoms. The van der Waals surface area contributed by atoms with Crippen LogP contribution in [-0.2, 0) is 16.4 Å². The van der Waals surface area contributed by atoms with Gasteiger partial charge in [-0.05, 0) is 36.2 Å². The molecule has 0 fully saturated rings. The maximum absolute atomic E-state index is 13.3. The predicted molar refractivity (Wildman–Crippen MR) is 109 cm³/mol. The zero-order valence-electron chi connectivity index (χ0n) is 16.5. The molecule has 0 spiro atoms. The number of carbonyl (C=O) groups excluding carboxylic acids is 1. The Balaban J connectivity index is 1.99. The molecule has 0 aliphatic heterocycles. The van der Waals surface area contributed by atoms with Gasteiger partial charge in [0.15, 0.2) is 5.69 Å². The van der Waals surface area contributed by atoms with Gasteiger partial charge in [-0.25, -0.2) is 17.8 Å². The molecule has 0 saturated heterocycles. The molecule has 154 valence electrons. The molecule has 0 unspecified atom stereocenters. The Labute approximate surface area is 169 Å². The Morgan fingerprint density at radius 1 is 1.14 bits per heavy atom. The summed E-state index contributed by atoms with van der Waals surface area (Å²) < 4.78 is 38.9. The summed E-state index contributed by atoms with van der Waals surface area (Å²) >= 11 is 0. The third-order valence-corrected chi connectivity index (χ3v) is 5.61. The normalized spacial score (nSPS) is 11.7. The van der Waals surface area contributed by atoms with Crippen molar-refractivity contribution in [1.82, 2.24) is 14.3 Å². The van der Waals surface area contributed by atoms with Gasteiger partial charge in [0.25, 0.3) is 5.91 Å². The highest BCUT2D eigenvalue weighted by Gasteiger charge is 2.26. The maximum Gasteiger partial charge on any atom is 0.275 e. The third kappa shape index (κ3) is 4.82. The third-order valence-electron chi connectivity index (χ3n) is 4.66. The summed E-state index contributed by atoms with van der Waals surface area (Å²) in [5, 5.41) is -0.160. The number of fused-ring (bicyclic) bond motifs is 1. The second-order valence-electron chi connectivity index (χ2n) is 7.03. The van der Waals surface area contributed by atoms with Crippen LogP contribution in [0.5, 0.6) is 0 Å². The van der Waals surface area contributed by atoms with Gasteiger partial charge < -0.3 is 4.90 Å². The van der Waals surface area contributed by atoms with Crippen LogP contribution in [0.4, 0.5) is 4.39 Å². The zero-order valence-corrected chi connectivity index (χ0v) is 17.3. The van der Waals surface area contributed by atoms with Crippen LogP contribution in [0.2, 0.25) is 0 Å². The van der Waals surface area contributed by atoms with Crippen LogP contribution in [0, 0.1) is 5.82 Å². The smallest absolute Gasteiger partial charge is 0.275 e. The minimum absolute atomic E-state index is 0.102. The molecule has 0 N–H and O–H groups in total. The molecule has 0 saturated carbocycles. The summed E-state index contributed by atoms with van der Waals surface area (Å²) in [6, 6.07) is 11.1. The summed E-state index contributed by atoms with van der Waals surface area (Å²) in [4.78, 5) is 19.2. The van der Waals surface area contributed by atoms with E-state index in [9.17, 15) is 17.6 Å². The number of hydrogen-bond acceptors (Lipinski definition) is 4. The molecule has 0 aliphatic rings. The van der Waals surface area contributed by atoms with Crippen LogP contribution in [-0.4, -0.2) is 41.4 Å². The van der Waals surface area contributed by atoms with Gasteiger partial charge in [0.2, 0.25) is 15.0 Å². The molecule has 29 heavy (non-hydrogen) atoms. The Bertz CT molecular complexity index is 1110. The van der Waals surface area contributed by atoms with E-state index in [1.54, 1.807) is 41.4 Å². The van der Waals surface area contributed by atoms with Gasteiger partial charge in [0.05, 0.1) is 5.52 Å². The van der Waals surface area contributed by atoms with Crippen LogP contribution >= 0.6 is 0 Å². The van der Waals surface area contributed by atoms with Gasteiger partial charge >= 0.3 is 0 Å². The van der Waals surface area contributed by atoms with E-state index in [1.165, 1.54) is 16.5 Å². The Kier molecular flexibility index (Phi) is 6.32. The number of amides is 1. The minimum atomic E-state index is -3.61. The van der Waals surface area contributed by atoms with Crippen molar-refractivity contribution in [2.24, 2.45) is 0 Å². The Hall–Kier alpha value is -2.74. The second-order valence-corrected chi connectivity index (χ2v) is 8.94. The number of pyridine rings is 1. The largest absolute Gasteiger partial charge is 0.333 e. The fourth-order valence-electron chi connectivity index (χ4n) is 3.19. The highest BCUT2D eigenvalue weighted by Crippen LogP contribution is 2.20. The number of imidazole rings is 1. The average molecular weight is 418 g/mol. The molecule has 1 amide bonds. The molecule has 1 aromatic carbocycles. The summed E-state index contributed by atoms with van der Waals surface area (Å²) in [6.45, 7) is 2.88. The molecule has 2 aromatic heterocycles. The molecule has 0 aliphatic carbocycles. The highest BCUT2D eigenvalue weighted by molar-refractivity contribution is 7.90. The number of sulfone groups is 1. The van der Waals surface area contributed by atoms with Crippen LogP contribution < -0.4 is 0 Å². The number of benzene rings is 1. The first-order valence-corrected chi connectivity index (χ1v) is 11.4. The van der Waals surface area contributed by atoms with Crippen molar-refractivity contribution in [3.05, 3.63) is 65.7 Å². The van der Waals surface area contributed by atoms with Gasteiger partial charge in [-0.3, -0.25) is 9.20 Å². The summed E-state index contributed by atoms with van der Waals surface area (Å²) in [7, 11) is -3.61. The van der Waals surface area contributed by atoms with Crippen molar-refractivity contribution >= 4 is 21.3 Å². The molecule has 2 heterocycles. The van der Waals surface area contributed by atoms with Crippen molar-refractivity contribution in [2.75, 3.05) is 12.8 Å². The standard InChI is InChI=1S/C21H24FN3O3S/c1-3-4-6-13-24(15-16-9-11-17(22)12-10-16)20(26)19-18-8-5-7-14-25(18)21(23-19)29(2,27)28/h5,7-12,14H,3-4,6,13,15H2,1-2H3. The lowest BCUT2D eigenvalue weighted by atomic mass is 10.1. The first-order valence-electron chi connectivity index (χ1n) is 9.52. The molecule has 0 radical (unpaired) electrons. The van der Waals surface area contributed by atoms with E-state index in [-0.39, 0.29) is 22.6 Å². The fourth-order valence-corrected chi connectivity index (χ4v) is 3.97. The first kappa shape index (κ1) is 21.0. The SMILES string of the molecule is CCCCCN(Cc1ccc(F)cc1)C(=O)c1nc(S(C)(=O)=O)n2ccccc12. The Morgan fingerprint density at radius 3 is 2.52 bits per heavy atom. The quantitative estimate of drug-likeness (QED) is 0.524. The van der Waals surface area contributed by atoms with E-state index in [4.69, 9.17) is 0 Å². The van der Waals surface area contributed by atoms with Crippen molar-refractivity contribution < 1.29 is 17.6 Å². The average Bonchev–Trinajstić information content (AvgIpc) is 3.08. The van der Waals surface area contributed by atoms with Crippen LogP contribution in [0.25, 0.3) is 5.52 Å². The van der Waals surface area contributed by atoms with Gasteiger partial charge in [-0.15, -0.1) is 0 Å². The zero-order chi connectivity index (χ0) is 21.0. The van der Waals surface area contributed by atoms with Crippen molar-refractivity contribution in [2.45, 2.75) is 37.9 Å². The summed E-state index contributed by atoms with van der Waals surface area (Å²) in [5.74, 6) is -0.681. The predicted octanol–water partition coefficient (Wildman–Crippen LogP) is 3.71. The van der Waals surface area contributed by atoms with E-state index in [0.717, 1.165) is 31.1 Å². The van der Waals surface area contributed by atoms with Crippen molar-refractivity contribution in [3.63, 3.8) is 0 Å². The van der Waals surface area contributed by atoms with E-state index >= 15 is 0 Å². The van der Waals surface area contributed by atoms with Gasteiger partial charge in [0, 0.05) is 25.5 Å². The minimum Gasteiger partial charge on any atom is -0.333 e. The lowest BCUT2D eigenvalue weighted by Crippen LogP contribution is -2.32. The van der Waals surface area contributed by atoms with E-state index in [0.29, 0.717) is 18.6 Å². The van der Waals surface area contributed by atoms with Crippen LogP contribution in [0.3, 0.4) is 0 Å². The number of halogens is 1. The van der Waals surface area contributed by atoms with Gasteiger partial charge in [-0.2, -0.15) is 0 Å². The van der Waals surface area contributed by atoms with E-state index in [2.05, 4.69) is 11.9 Å². The van der Waals surface area contributed by atoms with Gasteiger partial charge in [-0.1, -0.05) is 38.0 Å². The molecule has 0 bridgehead atoms. The lowest BCUT2D eigenvalue weighted by molar-refractivity contribution is 0.0736. The van der Waals surface area contributed by atoms with Crippen molar-refractivity contribution in [3.8, 4) is 0 Å². The highest BCUT2D eigenvalue weighted by atomic mass is 32.2. The number of rotatable bonds is 8. The molecule has 6 nitrogen and oxygen atoms in total. The topological polar surface area (TPSA) is 71.8 Å². The number of unbranched alkanes of at least 4 members (excludes halogenated alkanes) is 2. The molecular weight excluding hydrogens is 393 g/mol. The molecule has 3 aromatic rings. The lowest BCUT2D eigenvalue weighted by Gasteiger charge is -2.22. The molecular formula is C21H24FN3O3S. The summed E-state index contributed by atoms with van der Waals surface area (Å²) in [5.41, 5.74) is 1.34. The van der Waals surface area contributed by atoms with E-state index < -0.39 is 9.84 Å². The van der Waals surface area contributed by atoms with Crippen LogP contribution in [0.15, 0.2) is 53.8 Å². The number of nitrogens with zero attached hydrogens (tertiary/aromatic N) is 3. The van der Waals surface area contributed by atoms with Crippen molar-refractivity contribution in [1.29, 1.82) is 0 Å². The van der Waals surface area contributed by atoms with Crippen LogP contribution in [0.1, 0.15) is 42.2 Å². The fraction of sp³-hybridized carbons (Fsp3) is 0.333. The van der Waals surface area contributed by atoms with E-state index in [1.807, 2.05) is 0 Å².